The highest BCUT2D eigenvalue weighted by molar-refractivity contribution is 5.99. The van der Waals surface area contributed by atoms with Crippen LogP contribution in [0.25, 0.3) is 10.9 Å². The highest BCUT2D eigenvalue weighted by atomic mass is 16.6. The number of hydrogen-bond acceptors (Lipinski definition) is 9. The lowest BCUT2D eigenvalue weighted by atomic mass is 9.93. The number of amides is 5. The molecule has 2 aliphatic heterocycles. The van der Waals surface area contributed by atoms with Gasteiger partial charge in [0.15, 0.2) is 6.61 Å². The molecule has 3 fully saturated rings. The standard InChI is InChI=1S/C35H46N6O9/c1-3-18-49-35(48)40-16-14-39(15-17-40)34(47)25(11-12-31(43)44)38-32(45)27-20-29(24-10-9-22(2)19-26(24)37-27)50-21-30(42)41-13-5-8-28(41)33(46)36-23-6-4-7-23/h9-10,19-20,23,25,28H,3-8,11-18,21H2,1-2H3,(H,36,46)(H,38,45)(H,43,44)/t25-,28-/m0/s1. The lowest BCUT2D eigenvalue weighted by molar-refractivity contribution is -0.140. The normalized spacial score (nSPS) is 18.3. The average molecular weight is 695 g/mol. The lowest BCUT2D eigenvalue weighted by Crippen LogP contribution is -2.56. The average Bonchev–Trinajstić information content (AvgIpc) is 3.59. The van der Waals surface area contributed by atoms with Crippen LogP contribution in [0.2, 0.25) is 0 Å². The fourth-order valence-corrected chi connectivity index (χ4v) is 6.32. The minimum atomic E-state index is -1.17. The lowest BCUT2D eigenvalue weighted by Gasteiger charge is -2.36. The van der Waals surface area contributed by atoms with E-state index in [2.05, 4.69) is 15.6 Å². The first-order valence-electron chi connectivity index (χ1n) is 17.4. The van der Waals surface area contributed by atoms with Gasteiger partial charge in [0.2, 0.25) is 11.8 Å². The Morgan fingerprint density at radius 3 is 2.40 bits per heavy atom. The van der Waals surface area contributed by atoms with E-state index < -0.39 is 36.0 Å². The van der Waals surface area contributed by atoms with E-state index in [-0.39, 0.29) is 74.9 Å². The number of aromatic nitrogens is 1. The molecule has 5 amide bonds. The minimum absolute atomic E-state index is 0.0823. The van der Waals surface area contributed by atoms with Gasteiger partial charge in [-0.3, -0.25) is 24.0 Å². The molecule has 1 aromatic carbocycles. The van der Waals surface area contributed by atoms with E-state index in [1.165, 1.54) is 15.9 Å². The highest BCUT2D eigenvalue weighted by Crippen LogP contribution is 2.28. The van der Waals surface area contributed by atoms with Crippen LogP contribution < -0.4 is 15.4 Å². The Morgan fingerprint density at radius 1 is 0.980 bits per heavy atom. The van der Waals surface area contributed by atoms with Gasteiger partial charge in [0.1, 0.15) is 23.5 Å². The minimum Gasteiger partial charge on any atom is -0.483 e. The van der Waals surface area contributed by atoms with Crippen molar-refractivity contribution < 1.29 is 43.3 Å². The number of carboxylic acids is 1. The van der Waals surface area contributed by atoms with E-state index in [4.69, 9.17) is 9.47 Å². The summed E-state index contributed by atoms with van der Waals surface area (Å²) in [5.41, 5.74) is 1.22. The Kier molecular flexibility index (Phi) is 12.1. The van der Waals surface area contributed by atoms with Crippen LogP contribution in [-0.4, -0.2) is 125 Å². The number of piperazine rings is 1. The highest BCUT2D eigenvalue weighted by Gasteiger charge is 2.36. The Hall–Kier alpha value is -4.95. The van der Waals surface area contributed by atoms with Gasteiger partial charge in [-0.05, 0) is 69.6 Å². The summed E-state index contributed by atoms with van der Waals surface area (Å²) in [5.74, 6) is -2.59. The third-order valence-electron chi connectivity index (χ3n) is 9.37. The number of rotatable bonds is 13. The number of fused-ring (bicyclic) bond motifs is 1. The van der Waals surface area contributed by atoms with Crippen molar-refractivity contribution >= 4 is 46.6 Å². The third-order valence-corrected chi connectivity index (χ3v) is 9.37. The van der Waals surface area contributed by atoms with Crippen LogP contribution in [0.5, 0.6) is 5.75 Å². The number of nitrogens with one attached hydrogen (secondary N) is 2. The molecule has 1 aromatic heterocycles. The van der Waals surface area contributed by atoms with Gasteiger partial charge in [-0.2, -0.15) is 0 Å². The van der Waals surface area contributed by atoms with Crippen molar-refractivity contribution in [1.82, 2.24) is 30.3 Å². The predicted octanol–water partition coefficient (Wildman–Crippen LogP) is 2.24. The maximum absolute atomic E-state index is 13.7. The van der Waals surface area contributed by atoms with E-state index >= 15 is 0 Å². The van der Waals surface area contributed by atoms with Crippen LogP contribution in [0.3, 0.4) is 0 Å². The number of aliphatic carboxylic acids is 1. The summed E-state index contributed by atoms with van der Waals surface area (Å²) >= 11 is 0. The van der Waals surface area contributed by atoms with Crippen molar-refractivity contribution in [1.29, 1.82) is 0 Å². The molecule has 0 bridgehead atoms. The smallest absolute Gasteiger partial charge is 0.409 e. The molecule has 3 aliphatic rings. The second-order valence-corrected chi connectivity index (χ2v) is 13.1. The number of carbonyl (C=O) groups excluding carboxylic acids is 5. The first kappa shape index (κ1) is 36.3. The Morgan fingerprint density at radius 2 is 1.72 bits per heavy atom. The van der Waals surface area contributed by atoms with E-state index in [1.54, 1.807) is 17.0 Å². The molecule has 2 aromatic rings. The monoisotopic (exact) mass is 694 g/mol. The van der Waals surface area contributed by atoms with E-state index in [0.717, 1.165) is 24.8 Å². The molecule has 1 saturated carbocycles. The molecule has 2 atom stereocenters. The summed E-state index contributed by atoms with van der Waals surface area (Å²) in [6.45, 7) is 5.00. The number of carboxylic acid groups (broad SMARTS) is 1. The largest absolute Gasteiger partial charge is 0.483 e. The Bertz CT molecular complexity index is 1600. The SMILES string of the molecule is CCCOC(=O)N1CCN(C(=O)[C@H](CCC(=O)O)NC(=O)c2cc(OCC(=O)N3CCC[C@H]3C(=O)NC3CCC3)c3ccc(C)cc3n2)CC1. The summed E-state index contributed by atoms with van der Waals surface area (Å²) < 4.78 is 11.2. The van der Waals surface area contributed by atoms with Crippen LogP contribution in [0.15, 0.2) is 24.3 Å². The van der Waals surface area contributed by atoms with Gasteiger partial charge in [0, 0.05) is 56.6 Å². The van der Waals surface area contributed by atoms with Crippen molar-refractivity contribution in [2.45, 2.75) is 83.3 Å². The maximum atomic E-state index is 13.7. The molecule has 15 heteroatoms. The zero-order chi connectivity index (χ0) is 35.8. The Labute approximate surface area is 290 Å². The maximum Gasteiger partial charge on any atom is 0.409 e. The van der Waals surface area contributed by atoms with Crippen molar-refractivity contribution in [3.63, 3.8) is 0 Å². The molecule has 270 valence electrons. The summed E-state index contributed by atoms with van der Waals surface area (Å²) in [5, 5.41) is 15.6. The number of benzene rings is 1. The first-order chi connectivity index (χ1) is 24.0. The molecule has 3 heterocycles. The molecule has 0 spiro atoms. The molecule has 1 aliphatic carbocycles. The predicted molar refractivity (Wildman–Crippen MR) is 180 cm³/mol. The van der Waals surface area contributed by atoms with Gasteiger partial charge < -0.3 is 39.9 Å². The zero-order valence-corrected chi connectivity index (χ0v) is 28.7. The van der Waals surface area contributed by atoms with Crippen molar-refractivity contribution in [2.75, 3.05) is 45.9 Å². The Balaban J connectivity index is 1.28. The fraction of sp³-hybridized carbons (Fsp3) is 0.571. The van der Waals surface area contributed by atoms with Gasteiger partial charge in [0.25, 0.3) is 11.8 Å². The van der Waals surface area contributed by atoms with Crippen LogP contribution in [0.1, 0.15) is 74.3 Å². The second kappa shape index (κ2) is 16.6. The van der Waals surface area contributed by atoms with Crippen LogP contribution in [-0.2, 0) is 23.9 Å². The van der Waals surface area contributed by atoms with Crippen molar-refractivity contribution in [3.8, 4) is 5.75 Å². The summed E-state index contributed by atoms with van der Waals surface area (Å²) in [7, 11) is 0. The van der Waals surface area contributed by atoms with Crippen molar-refractivity contribution in [2.24, 2.45) is 0 Å². The second-order valence-electron chi connectivity index (χ2n) is 13.1. The number of ether oxygens (including phenoxy) is 2. The number of likely N-dealkylation sites (tertiary alicyclic amines) is 1. The molecular weight excluding hydrogens is 648 g/mol. The zero-order valence-electron chi connectivity index (χ0n) is 28.7. The summed E-state index contributed by atoms with van der Waals surface area (Å²) in [6, 6.07) is 5.23. The van der Waals surface area contributed by atoms with E-state index in [0.29, 0.717) is 43.3 Å². The number of nitrogens with zero attached hydrogens (tertiary/aromatic N) is 4. The topological polar surface area (TPSA) is 188 Å². The van der Waals surface area contributed by atoms with Gasteiger partial charge in [-0.25, -0.2) is 9.78 Å². The summed E-state index contributed by atoms with van der Waals surface area (Å²) in [4.78, 5) is 86.2. The van der Waals surface area contributed by atoms with Crippen LogP contribution in [0.4, 0.5) is 4.79 Å². The molecular formula is C35H46N6O9. The number of pyridine rings is 1. The van der Waals surface area contributed by atoms with Gasteiger partial charge in [-0.1, -0.05) is 13.0 Å². The fourth-order valence-electron chi connectivity index (χ4n) is 6.32. The van der Waals surface area contributed by atoms with E-state index in [9.17, 15) is 33.9 Å². The number of aryl methyl sites for hydroxylation is 1. The molecule has 0 unspecified atom stereocenters. The van der Waals surface area contributed by atoms with Gasteiger partial charge >= 0.3 is 12.1 Å². The number of carbonyl (C=O) groups is 6. The molecule has 5 rings (SSSR count). The van der Waals surface area contributed by atoms with Gasteiger partial charge in [0.05, 0.1) is 12.1 Å². The van der Waals surface area contributed by atoms with Crippen LogP contribution in [0, 0.1) is 6.92 Å². The molecule has 0 radical (unpaired) electrons. The molecule has 15 nitrogen and oxygen atoms in total. The van der Waals surface area contributed by atoms with Gasteiger partial charge in [-0.15, -0.1) is 0 Å². The number of hydrogen-bond donors (Lipinski definition) is 3. The molecule has 3 N–H and O–H groups in total. The molecule has 50 heavy (non-hydrogen) atoms. The third kappa shape index (κ3) is 8.98. The first-order valence-corrected chi connectivity index (χ1v) is 17.4. The quantitative estimate of drug-likeness (QED) is 0.281. The summed E-state index contributed by atoms with van der Waals surface area (Å²) in [6.07, 6.45) is 3.97. The molecule has 2 saturated heterocycles. The van der Waals surface area contributed by atoms with Crippen LogP contribution >= 0.6 is 0 Å². The van der Waals surface area contributed by atoms with E-state index in [1.807, 2.05) is 19.9 Å². The van der Waals surface area contributed by atoms with Crippen molar-refractivity contribution in [3.05, 3.63) is 35.5 Å².